The number of hydrogen-bond donors (Lipinski definition) is 8. The van der Waals surface area contributed by atoms with Crippen LogP contribution in [0.2, 0.25) is 0 Å². The second-order valence-corrected chi connectivity index (χ2v) is 7.90. The minimum absolute atomic E-state index is 0.0640. The molecule has 3 rings (SSSR count). The third-order valence-corrected chi connectivity index (χ3v) is 5.50. The zero-order valence-electron chi connectivity index (χ0n) is 17.8. The average Bonchev–Trinajstić information content (AvgIpc) is 2.82. The van der Waals surface area contributed by atoms with Gasteiger partial charge in [-0.2, -0.15) is 0 Å². The van der Waals surface area contributed by atoms with Crippen LogP contribution in [-0.4, -0.2) is 121 Å². The van der Waals surface area contributed by atoms with E-state index in [0.29, 0.717) is 5.56 Å². The molecule has 0 aromatic heterocycles. The van der Waals surface area contributed by atoms with Gasteiger partial charge in [0.15, 0.2) is 12.6 Å². The number of aliphatic hydroxyl groups excluding tert-OH is 7. The molecule has 2 fully saturated rings. The van der Waals surface area contributed by atoms with Crippen molar-refractivity contribution in [1.29, 1.82) is 0 Å². The number of phenols is 1. The van der Waals surface area contributed by atoms with Crippen LogP contribution >= 0.6 is 0 Å². The van der Waals surface area contributed by atoms with Gasteiger partial charge in [0, 0.05) is 6.08 Å². The van der Waals surface area contributed by atoms with E-state index in [1.54, 1.807) is 12.1 Å². The zero-order chi connectivity index (χ0) is 25.0. The fourth-order valence-corrected chi connectivity index (χ4v) is 3.50. The first-order valence-corrected chi connectivity index (χ1v) is 10.4. The fraction of sp³-hybridized carbons (Fsp3) is 0.571. The molecule has 0 radical (unpaired) electrons. The number of esters is 1. The van der Waals surface area contributed by atoms with Crippen molar-refractivity contribution in [3.8, 4) is 5.75 Å². The highest BCUT2D eigenvalue weighted by Gasteiger charge is 2.50. The summed E-state index contributed by atoms with van der Waals surface area (Å²) in [5, 5.41) is 79.1. The number of aliphatic hydroxyl groups is 7. The van der Waals surface area contributed by atoms with E-state index >= 15 is 0 Å². The van der Waals surface area contributed by atoms with Crippen molar-refractivity contribution in [3.63, 3.8) is 0 Å². The molecule has 0 spiro atoms. The lowest BCUT2D eigenvalue weighted by atomic mass is 9.97. The lowest BCUT2D eigenvalue weighted by Gasteiger charge is -2.45. The van der Waals surface area contributed by atoms with E-state index in [0.717, 1.165) is 6.08 Å². The highest BCUT2D eigenvalue weighted by Crippen LogP contribution is 2.28. The van der Waals surface area contributed by atoms with Crippen LogP contribution in [0.5, 0.6) is 5.75 Å². The normalized spacial score (nSPS) is 38.7. The van der Waals surface area contributed by atoms with E-state index in [1.165, 1.54) is 18.2 Å². The van der Waals surface area contributed by atoms with Gasteiger partial charge < -0.3 is 59.8 Å². The minimum Gasteiger partial charge on any atom is -0.508 e. The van der Waals surface area contributed by atoms with Crippen LogP contribution in [0.15, 0.2) is 30.3 Å². The number of benzene rings is 1. The SMILES string of the molecule is O=C(/C=C/c1ccc(O)cc1)OC[C@@H]1O[C@@H](O)[C@@H](O[C@H]2O[C@@H](CO)[C@@H](O)[C@@H](O)[C@H]2O)[C@@H](O)[C@H]1O. The summed E-state index contributed by atoms with van der Waals surface area (Å²) in [4.78, 5) is 11.9. The van der Waals surface area contributed by atoms with E-state index in [-0.39, 0.29) is 5.75 Å². The predicted octanol–water partition coefficient (Wildman–Crippen LogP) is -3.43. The molecule has 8 N–H and O–H groups in total. The Morgan fingerprint density at radius 2 is 1.53 bits per heavy atom. The Morgan fingerprint density at radius 3 is 2.18 bits per heavy atom. The maximum absolute atomic E-state index is 11.9. The number of carbonyl (C=O) groups excluding carboxylic acids is 1. The quantitative estimate of drug-likeness (QED) is 0.139. The van der Waals surface area contributed by atoms with Crippen LogP contribution in [0, 0.1) is 0 Å². The monoisotopic (exact) mass is 488 g/mol. The van der Waals surface area contributed by atoms with Gasteiger partial charge in [0.1, 0.15) is 61.2 Å². The molecule has 0 unspecified atom stereocenters. The molecule has 0 amide bonds. The van der Waals surface area contributed by atoms with Gasteiger partial charge in [-0.1, -0.05) is 12.1 Å². The first kappa shape index (κ1) is 26.4. The van der Waals surface area contributed by atoms with Crippen LogP contribution in [0.4, 0.5) is 0 Å². The van der Waals surface area contributed by atoms with Gasteiger partial charge in [0.2, 0.25) is 0 Å². The van der Waals surface area contributed by atoms with Crippen molar-refractivity contribution in [2.45, 2.75) is 61.4 Å². The fourth-order valence-electron chi connectivity index (χ4n) is 3.50. The molecule has 2 saturated heterocycles. The molecule has 34 heavy (non-hydrogen) atoms. The topological polar surface area (TPSA) is 216 Å². The Labute approximate surface area is 193 Å². The first-order valence-electron chi connectivity index (χ1n) is 10.4. The Hall–Kier alpha value is -2.17. The zero-order valence-corrected chi connectivity index (χ0v) is 17.8. The van der Waals surface area contributed by atoms with Crippen LogP contribution in [0.1, 0.15) is 5.56 Å². The Morgan fingerprint density at radius 1 is 0.882 bits per heavy atom. The molecule has 2 aliphatic rings. The molecule has 190 valence electrons. The molecule has 13 heteroatoms. The van der Waals surface area contributed by atoms with Crippen LogP contribution in [0.3, 0.4) is 0 Å². The molecule has 13 nitrogen and oxygen atoms in total. The van der Waals surface area contributed by atoms with E-state index in [2.05, 4.69) is 0 Å². The number of hydrogen-bond acceptors (Lipinski definition) is 13. The second-order valence-electron chi connectivity index (χ2n) is 7.90. The number of phenolic OH excluding ortho intramolecular Hbond substituents is 1. The lowest BCUT2D eigenvalue weighted by molar-refractivity contribution is -0.361. The van der Waals surface area contributed by atoms with Gasteiger partial charge in [0.05, 0.1) is 6.61 Å². The third kappa shape index (κ3) is 6.09. The standard InChI is InChI=1S/C21H28O13/c22-7-11-14(25)16(27)18(29)21(33-11)34-19-17(28)15(26)12(32-20(19)30)8-31-13(24)6-3-9-1-4-10(23)5-2-9/h1-6,11-12,14-23,25-30H,7-8H2/b6-3+/t11-,12-,14+,15-,16+,17-,18+,19-,20+,21+/m0/s1. The molecule has 0 saturated carbocycles. The molecule has 0 aliphatic carbocycles. The van der Waals surface area contributed by atoms with Crippen molar-refractivity contribution in [3.05, 3.63) is 35.9 Å². The Bertz CT molecular complexity index is 828. The summed E-state index contributed by atoms with van der Waals surface area (Å²) in [6.07, 6.45) is -13.9. The smallest absolute Gasteiger partial charge is 0.330 e. The molecule has 2 aliphatic heterocycles. The summed E-state index contributed by atoms with van der Waals surface area (Å²) in [7, 11) is 0. The van der Waals surface area contributed by atoms with E-state index in [4.69, 9.17) is 18.9 Å². The van der Waals surface area contributed by atoms with Crippen LogP contribution in [-0.2, 0) is 23.7 Å². The van der Waals surface area contributed by atoms with Crippen LogP contribution in [0.25, 0.3) is 6.08 Å². The molecular weight excluding hydrogens is 460 g/mol. The Kier molecular flexibility index (Phi) is 8.95. The summed E-state index contributed by atoms with van der Waals surface area (Å²) in [6.45, 7) is -1.24. The summed E-state index contributed by atoms with van der Waals surface area (Å²) >= 11 is 0. The van der Waals surface area contributed by atoms with Crippen molar-refractivity contribution in [1.82, 2.24) is 0 Å². The molecule has 1 aromatic rings. The lowest BCUT2D eigenvalue weighted by Crippen LogP contribution is -2.64. The minimum atomic E-state index is -1.86. The van der Waals surface area contributed by atoms with E-state index in [1.807, 2.05) is 0 Å². The highest BCUT2D eigenvalue weighted by atomic mass is 16.7. The maximum Gasteiger partial charge on any atom is 0.330 e. The van der Waals surface area contributed by atoms with E-state index < -0.39 is 80.6 Å². The average molecular weight is 488 g/mol. The second kappa shape index (κ2) is 11.5. The van der Waals surface area contributed by atoms with Gasteiger partial charge in [-0.25, -0.2) is 4.79 Å². The van der Waals surface area contributed by atoms with Gasteiger partial charge in [-0.15, -0.1) is 0 Å². The van der Waals surface area contributed by atoms with Gasteiger partial charge in [-0.3, -0.25) is 0 Å². The predicted molar refractivity (Wildman–Crippen MR) is 110 cm³/mol. The van der Waals surface area contributed by atoms with Crippen molar-refractivity contribution >= 4 is 12.0 Å². The summed E-state index contributed by atoms with van der Waals surface area (Å²) in [5.74, 6) is -0.735. The summed E-state index contributed by atoms with van der Waals surface area (Å²) < 4.78 is 20.6. The molecular formula is C21H28O13. The number of aromatic hydroxyl groups is 1. The summed E-state index contributed by atoms with van der Waals surface area (Å²) in [5.41, 5.74) is 0.614. The largest absolute Gasteiger partial charge is 0.508 e. The van der Waals surface area contributed by atoms with Crippen molar-refractivity contribution in [2.75, 3.05) is 13.2 Å². The first-order chi connectivity index (χ1) is 16.1. The van der Waals surface area contributed by atoms with Crippen LogP contribution < -0.4 is 0 Å². The summed E-state index contributed by atoms with van der Waals surface area (Å²) in [6, 6.07) is 6.00. The number of rotatable bonds is 7. The van der Waals surface area contributed by atoms with Crippen molar-refractivity contribution in [2.24, 2.45) is 0 Å². The Balaban J connectivity index is 1.54. The molecule has 1 aromatic carbocycles. The van der Waals surface area contributed by atoms with Gasteiger partial charge in [0.25, 0.3) is 0 Å². The van der Waals surface area contributed by atoms with E-state index in [9.17, 15) is 45.6 Å². The number of carbonyl (C=O) groups is 1. The molecule has 2 heterocycles. The van der Waals surface area contributed by atoms with Gasteiger partial charge >= 0.3 is 5.97 Å². The maximum atomic E-state index is 11.9. The molecule has 0 bridgehead atoms. The highest BCUT2D eigenvalue weighted by molar-refractivity contribution is 5.87. The van der Waals surface area contributed by atoms with Crippen molar-refractivity contribution < 1.29 is 64.6 Å². The third-order valence-electron chi connectivity index (χ3n) is 5.50. The molecule has 10 atom stereocenters. The van der Waals surface area contributed by atoms with Gasteiger partial charge in [-0.05, 0) is 23.8 Å². The number of ether oxygens (including phenoxy) is 4.